The maximum absolute atomic E-state index is 12.7. The molecule has 33 heavy (non-hydrogen) atoms. The Balaban J connectivity index is 1.78. The van der Waals surface area contributed by atoms with Crippen molar-refractivity contribution in [1.82, 2.24) is 19.9 Å². The largest absolute Gasteiger partial charge is 0.320 e. The highest BCUT2D eigenvalue weighted by atomic mass is 35.5. The van der Waals surface area contributed by atoms with Crippen molar-refractivity contribution in [3.63, 3.8) is 0 Å². The molecule has 2 aromatic heterocycles. The van der Waals surface area contributed by atoms with Crippen molar-refractivity contribution in [2.45, 2.75) is 66.6 Å². The Morgan fingerprint density at radius 2 is 1.79 bits per heavy atom. The van der Waals surface area contributed by atoms with E-state index in [1.807, 2.05) is 32.0 Å². The van der Waals surface area contributed by atoms with Crippen LogP contribution >= 0.6 is 22.9 Å². The van der Waals surface area contributed by atoms with Crippen LogP contribution in [0.5, 0.6) is 0 Å². The third kappa shape index (κ3) is 6.07. The van der Waals surface area contributed by atoms with Crippen LogP contribution < -0.4 is 10.6 Å². The fraction of sp³-hybridized carbons (Fsp3) is 0.417. The number of aromatic nitrogens is 3. The molecule has 0 aliphatic carbocycles. The second-order valence-corrected chi connectivity index (χ2v) is 10.0. The third-order valence-electron chi connectivity index (χ3n) is 5.35. The van der Waals surface area contributed by atoms with Crippen LogP contribution in [0.1, 0.15) is 67.4 Å². The summed E-state index contributed by atoms with van der Waals surface area (Å²) < 4.78 is 0. The smallest absolute Gasteiger partial charge is 0.267 e. The number of hydrogen-bond donors (Lipinski definition) is 2. The van der Waals surface area contributed by atoms with Gasteiger partial charge in [-0.1, -0.05) is 35.1 Å². The van der Waals surface area contributed by atoms with Crippen LogP contribution in [0.3, 0.4) is 0 Å². The molecule has 176 valence electrons. The average molecular weight is 487 g/mol. The molecule has 7 nitrogen and oxygen atoms in total. The number of aryl methyl sites for hydroxylation is 2. The molecule has 1 amide bonds. The van der Waals surface area contributed by atoms with Gasteiger partial charge in [-0.05, 0) is 60.1 Å². The molecule has 0 fully saturated rings. The first-order chi connectivity index (χ1) is 15.6. The normalized spacial score (nSPS) is 12.5. The molecule has 3 aromatic rings. The summed E-state index contributed by atoms with van der Waals surface area (Å²) in [5, 5.41) is 7.19. The summed E-state index contributed by atoms with van der Waals surface area (Å²) >= 11 is 7.49. The number of thiazole rings is 1. The molecule has 0 bridgehead atoms. The summed E-state index contributed by atoms with van der Waals surface area (Å²) in [6.07, 6.45) is 1.55. The molecular weight excluding hydrogens is 456 g/mol. The number of anilines is 3. The van der Waals surface area contributed by atoms with Crippen LogP contribution in [0.4, 0.5) is 16.6 Å². The van der Waals surface area contributed by atoms with Crippen LogP contribution in [0.25, 0.3) is 0 Å². The van der Waals surface area contributed by atoms with Crippen molar-refractivity contribution in [3.8, 4) is 0 Å². The fourth-order valence-electron chi connectivity index (χ4n) is 4.02. The minimum atomic E-state index is -0.255. The third-order valence-corrected chi connectivity index (χ3v) is 6.58. The van der Waals surface area contributed by atoms with E-state index in [4.69, 9.17) is 11.6 Å². The number of nitrogens with one attached hydrogen (secondary N) is 2. The zero-order valence-electron chi connectivity index (χ0n) is 20.1. The molecular formula is C24H31ClN6OS. The van der Waals surface area contributed by atoms with Gasteiger partial charge < -0.3 is 10.6 Å². The SMILES string of the molecule is Cc1nc(Nc2ncc(C(=O)Nc3c(C)cccc3Cl)s2)cc(C(C)N(C(C)C)C(C)C)n1. The molecule has 1 unspecified atom stereocenters. The maximum Gasteiger partial charge on any atom is 0.267 e. The quantitative estimate of drug-likeness (QED) is 0.384. The van der Waals surface area contributed by atoms with Crippen LogP contribution in [0.2, 0.25) is 5.02 Å². The highest BCUT2D eigenvalue weighted by molar-refractivity contribution is 7.17. The summed E-state index contributed by atoms with van der Waals surface area (Å²) in [5.41, 5.74) is 2.45. The van der Waals surface area contributed by atoms with E-state index in [0.717, 1.165) is 11.3 Å². The lowest BCUT2D eigenvalue weighted by atomic mass is 10.1. The van der Waals surface area contributed by atoms with Crippen LogP contribution in [0, 0.1) is 13.8 Å². The van der Waals surface area contributed by atoms with E-state index in [1.54, 1.807) is 12.3 Å². The Labute approximate surface area is 204 Å². The van der Waals surface area contributed by atoms with Gasteiger partial charge in [0.2, 0.25) is 0 Å². The van der Waals surface area contributed by atoms with Gasteiger partial charge in [0.25, 0.3) is 5.91 Å². The summed E-state index contributed by atoms with van der Waals surface area (Å²) in [6, 6.07) is 8.34. The molecule has 0 aliphatic heterocycles. The second kappa shape index (κ2) is 10.6. The number of nitrogens with zero attached hydrogens (tertiary/aromatic N) is 4. The molecule has 0 radical (unpaired) electrons. The first-order valence-electron chi connectivity index (χ1n) is 11.0. The van der Waals surface area contributed by atoms with Gasteiger partial charge in [0, 0.05) is 24.2 Å². The Morgan fingerprint density at radius 3 is 2.42 bits per heavy atom. The average Bonchev–Trinajstić information content (AvgIpc) is 3.18. The van der Waals surface area contributed by atoms with Gasteiger partial charge in [0.1, 0.15) is 16.5 Å². The van der Waals surface area contributed by atoms with Crippen molar-refractivity contribution in [2.75, 3.05) is 10.6 Å². The van der Waals surface area contributed by atoms with Gasteiger partial charge in [-0.25, -0.2) is 15.0 Å². The maximum atomic E-state index is 12.7. The number of carbonyl (C=O) groups excluding carboxylic acids is 1. The molecule has 0 saturated carbocycles. The highest BCUT2D eigenvalue weighted by Gasteiger charge is 2.23. The van der Waals surface area contributed by atoms with Crippen LogP contribution in [-0.4, -0.2) is 37.8 Å². The Morgan fingerprint density at radius 1 is 1.09 bits per heavy atom. The van der Waals surface area contributed by atoms with Crippen molar-refractivity contribution >= 4 is 45.5 Å². The van der Waals surface area contributed by atoms with Gasteiger partial charge in [0.15, 0.2) is 5.13 Å². The van der Waals surface area contributed by atoms with E-state index < -0.39 is 0 Å². The molecule has 1 aromatic carbocycles. The molecule has 9 heteroatoms. The van der Waals surface area contributed by atoms with Crippen LogP contribution in [0.15, 0.2) is 30.5 Å². The van der Waals surface area contributed by atoms with E-state index in [0.29, 0.717) is 44.4 Å². The van der Waals surface area contributed by atoms with E-state index >= 15 is 0 Å². The predicted octanol–water partition coefficient (Wildman–Crippen LogP) is 6.38. The van der Waals surface area contributed by atoms with Gasteiger partial charge in [0.05, 0.1) is 22.6 Å². The molecule has 0 aliphatic rings. The number of rotatable bonds is 8. The summed E-state index contributed by atoms with van der Waals surface area (Å²) in [7, 11) is 0. The highest BCUT2D eigenvalue weighted by Crippen LogP contribution is 2.29. The number of hydrogen-bond acceptors (Lipinski definition) is 7. The lowest BCUT2D eigenvalue weighted by molar-refractivity contribution is 0.103. The first-order valence-corrected chi connectivity index (χ1v) is 12.2. The minimum absolute atomic E-state index is 0.128. The van der Waals surface area contributed by atoms with Gasteiger partial charge >= 0.3 is 0 Å². The predicted molar refractivity (Wildman–Crippen MR) is 137 cm³/mol. The van der Waals surface area contributed by atoms with Gasteiger partial charge in [-0.3, -0.25) is 9.69 Å². The van der Waals surface area contributed by atoms with Crippen molar-refractivity contribution in [2.24, 2.45) is 0 Å². The van der Waals surface area contributed by atoms with E-state index in [-0.39, 0.29) is 11.9 Å². The molecule has 3 rings (SSSR count). The van der Waals surface area contributed by atoms with Crippen molar-refractivity contribution < 1.29 is 4.79 Å². The standard InChI is InChI=1S/C24H31ClN6OS/c1-13(2)31(14(3)4)16(6)19-11-21(28-17(7)27-19)29-24-26-12-20(33-24)23(32)30-22-15(5)9-8-10-18(22)25/h8-14,16H,1-7H3,(H,30,32)(H,26,27,28,29). The van der Waals surface area contributed by atoms with E-state index in [2.05, 4.69) is 65.1 Å². The lowest BCUT2D eigenvalue weighted by Gasteiger charge is -2.36. The Hall–Kier alpha value is -2.55. The minimum Gasteiger partial charge on any atom is -0.320 e. The Bertz CT molecular complexity index is 1100. The molecule has 2 N–H and O–H groups in total. The van der Waals surface area contributed by atoms with Gasteiger partial charge in [-0.15, -0.1) is 0 Å². The van der Waals surface area contributed by atoms with E-state index in [9.17, 15) is 4.79 Å². The summed E-state index contributed by atoms with van der Waals surface area (Å²) in [4.78, 5) is 29.2. The molecule has 2 heterocycles. The number of halogens is 1. The zero-order valence-corrected chi connectivity index (χ0v) is 21.7. The number of amides is 1. The number of carbonyl (C=O) groups is 1. The van der Waals surface area contributed by atoms with Crippen molar-refractivity contribution in [1.29, 1.82) is 0 Å². The van der Waals surface area contributed by atoms with E-state index in [1.165, 1.54) is 11.3 Å². The molecule has 0 saturated heterocycles. The number of benzene rings is 1. The molecule has 0 spiro atoms. The fourth-order valence-corrected chi connectivity index (χ4v) is 5.01. The Kier molecular flexibility index (Phi) is 8.05. The monoisotopic (exact) mass is 486 g/mol. The topological polar surface area (TPSA) is 83.0 Å². The zero-order chi connectivity index (χ0) is 24.3. The van der Waals surface area contributed by atoms with Crippen molar-refractivity contribution in [3.05, 3.63) is 57.4 Å². The lowest BCUT2D eigenvalue weighted by Crippen LogP contribution is -2.39. The summed E-state index contributed by atoms with van der Waals surface area (Å²) in [6.45, 7) is 14.7. The van der Waals surface area contributed by atoms with Crippen LogP contribution in [-0.2, 0) is 0 Å². The summed E-state index contributed by atoms with van der Waals surface area (Å²) in [5.74, 6) is 1.08. The molecule has 1 atom stereocenters. The number of para-hydroxylation sites is 1. The first kappa shape index (κ1) is 25.1. The second-order valence-electron chi connectivity index (χ2n) is 8.58. The van der Waals surface area contributed by atoms with Gasteiger partial charge in [-0.2, -0.15) is 0 Å².